The molecule has 0 spiro atoms. The molecule has 1 aromatic rings. The van der Waals surface area contributed by atoms with E-state index in [1.165, 1.54) is 13.2 Å². The van der Waals surface area contributed by atoms with E-state index in [0.717, 1.165) is 0 Å². The minimum absolute atomic E-state index is 0.138. The number of hydrogen-bond acceptors (Lipinski definition) is 5. The normalized spacial score (nSPS) is 16.7. The Kier molecular flexibility index (Phi) is 3.25. The van der Waals surface area contributed by atoms with Gasteiger partial charge in [-0.05, 0) is 30.7 Å². The van der Waals surface area contributed by atoms with Crippen LogP contribution in [0, 0.1) is 0 Å². The average molecular weight is 268 g/mol. The lowest BCUT2D eigenvalue weighted by molar-refractivity contribution is -0.136. The van der Waals surface area contributed by atoms with Crippen molar-refractivity contribution < 1.29 is 19.5 Å². The zero-order chi connectivity index (χ0) is 13.3. The van der Waals surface area contributed by atoms with Crippen molar-refractivity contribution >= 4 is 29.4 Å². The zero-order valence-electron chi connectivity index (χ0n) is 9.73. The Morgan fingerprint density at radius 3 is 2.78 bits per heavy atom. The topological polar surface area (TPSA) is 68.1 Å². The van der Waals surface area contributed by atoms with Crippen molar-refractivity contribution in [3.05, 3.63) is 28.3 Å². The van der Waals surface area contributed by atoms with Crippen LogP contribution >= 0.6 is 11.6 Å². The highest BCUT2D eigenvalue weighted by Crippen LogP contribution is 2.35. The number of benzene rings is 1. The highest BCUT2D eigenvalue weighted by atomic mass is 35.5. The number of hydrogen-bond donors (Lipinski definition) is 1. The first-order valence-electron chi connectivity index (χ1n) is 5.07. The molecule has 0 amide bonds. The van der Waals surface area contributed by atoms with Crippen LogP contribution < -0.4 is 4.74 Å². The molecule has 0 aromatic heterocycles. The number of carbonyl (C=O) groups excluding carboxylic acids is 1. The summed E-state index contributed by atoms with van der Waals surface area (Å²) in [7, 11) is 1.42. The SMILES string of the molecule is COc1cc(C=C2C(=O)ON=C2C)cc(Cl)c1O. The number of aromatic hydroxyl groups is 1. The van der Waals surface area contributed by atoms with Crippen molar-refractivity contribution in [1.29, 1.82) is 0 Å². The van der Waals surface area contributed by atoms with Crippen LogP contribution in [0.15, 0.2) is 22.9 Å². The van der Waals surface area contributed by atoms with Gasteiger partial charge in [0.2, 0.25) is 0 Å². The van der Waals surface area contributed by atoms with Gasteiger partial charge in [0.15, 0.2) is 11.5 Å². The van der Waals surface area contributed by atoms with Gasteiger partial charge in [0.05, 0.1) is 23.4 Å². The molecule has 0 radical (unpaired) electrons. The Balaban J connectivity index is 2.47. The standard InChI is InChI=1S/C12H10ClNO4/c1-6-8(12(16)18-14-6)3-7-4-9(13)11(15)10(5-7)17-2/h3-5,15H,1-2H3. The highest BCUT2D eigenvalue weighted by molar-refractivity contribution is 6.32. The lowest BCUT2D eigenvalue weighted by atomic mass is 10.1. The number of oxime groups is 1. The van der Waals surface area contributed by atoms with Gasteiger partial charge in [-0.1, -0.05) is 16.8 Å². The Morgan fingerprint density at radius 2 is 2.22 bits per heavy atom. The molecule has 6 heteroatoms. The maximum absolute atomic E-state index is 11.4. The van der Waals surface area contributed by atoms with Crippen LogP contribution in [0.1, 0.15) is 12.5 Å². The molecule has 5 nitrogen and oxygen atoms in total. The van der Waals surface area contributed by atoms with E-state index in [0.29, 0.717) is 16.8 Å². The lowest BCUT2D eigenvalue weighted by Gasteiger charge is -2.06. The molecule has 1 aliphatic rings. The van der Waals surface area contributed by atoms with Gasteiger partial charge in [-0.15, -0.1) is 0 Å². The molecule has 0 fully saturated rings. The van der Waals surface area contributed by atoms with Gasteiger partial charge >= 0.3 is 5.97 Å². The fourth-order valence-electron chi connectivity index (χ4n) is 1.52. The smallest absolute Gasteiger partial charge is 0.367 e. The van der Waals surface area contributed by atoms with E-state index in [-0.39, 0.29) is 16.5 Å². The first-order valence-corrected chi connectivity index (χ1v) is 5.45. The Morgan fingerprint density at radius 1 is 1.50 bits per heavy atom. The van der Waals surface area contributed by atoms with E-state index in [1.54, 1.807) is 19.1 Å². The van der Waals surface area contributed by atoms with Crippen LogP contribution in [0.3, 0.4) is 0 Å². The fourth-order valence-corrected chi connectivity index (χ4v) is 1.74. The van der Waals surface area contributed by atoms with E-state index >= 15 is 0 Å². The van der Waals surface area contributed by atoms with Crippen LogP contribution in [0.2, 0.25) is 5.02 Å². The molecular weight excluding hydrogens is 258 g/mol. The maximum atomic E-state index is 11.4. The van der Waals surface area contributed by atoms with E-state index in [1.807, 2.05) is 0 Å². The van der Waals surface area contributed by atoms with Crippen LogP contribution in [0.4, 0.5) is 0 Å². The van der Waals surface area contributed by atoms with Crippen molar-refractivity contribution in [2.75, 3.05) is 7.11 Å². The monoisotopic (exact) mass is 267 g/mol. The van der Waals surface area contributed by atoms with E-state index in [9.17, 15) is 9.90 Å². The Labute approximate surface area is 108 Å². The first kappa shape index (κ1) is 12.4. The number of carbonyl (C=O) groups is 1. The Bertz CT molecular complexity index is 578. The molecule has 94 valence electrons. The molecule has 0 saturated carbocycles. The van der Waals surface area contributed by atoms with E-state index < -0.39 is 5.97 Å². The van der Waals surface area contributed by atoms with Gasteiger partial charge in [-0.25, -0.2) is 4.79 Å². The second-order valence-electron chi connectivity index (χ2n) is 3.67. The van der Waals surface area contributed by atoms with Crippen molar-refractivity contribution in [1.82, 2.24) is 0 Å². The molecule has 0 unspecified atom stereocenters. The summed E-state index contributed by atoms with van der Waals surface area (Å²) in [5.74, 6) is -0.424. The van der Waals surface area contributed by atoms with Crippen molar-refractivity contribution in [2.24, 2.45) is 5.16 Å². The molecule has 0 aliphatic carbocycles. The number of halogens is 1. The molecule has 0 saturated heterocycles. The van der Waals surface area contributed by atoms with Crippen molar-refractivity contribution in [3.8, 4) is 11.5 Å². The van der Waals surface area contributed by atoms with E-state index in [2.05, 4.69) is 9.99 Å². The van der Waals surface area contributed by atoms with E-state index in [4.69, 9.17) is 16.3 Å². The van der Waals surface area contributed by atoms with Gasteiger partial charge in [-0.2, -0.15) is 0 Å². The zero-order valence-corrected chi connectivity index (χ0v) is 10.5. The number of phenolic OH excluding ortho intramolecular Hbond substituents is 1. The van der Waals surface area contributed by atoms with Crippen molar-refractivity contribution in [2.45, 2.75) is 6.92 Å². The molecule has 1 heterocycles. The summed E-state index contributed by atoms with van der Waals surface area (Å²) in [4.78, 5) is 15.9. The number of rotatable bonds is 2. The van der Waals surface area contributed by atoms with Crippen LogP contribution in [-0.4, -0.2) is 23.9 Å². The van der Waals surface area contributed by atoms with Crippen LogP contribution in [-0.2, 0) is 9.63 Å². The van der Waals surface area contributed by atoms with Gasteiger partial charge in [0.1, 0.15) is 0 Å². The summed E-state index contributed by atoms with van der Waals surface area (Å²) in [6, 6.07) is 3.08. The maximum Gasteiger partial charge on any atom is 0.367 e. The van der Waals surface area contributed by atoms with Crippen LogP contribution in [0.25, 0.3) is 6.08 Å². The second kappa shape index (κ2) is 4.70. The summed E-state index contributed by atoms with van der Waals surface area (Å²) >= 11 is 5.85. The summed E-state index contributed by atoms with van der Waals surface area (Å²) in [6.45, 7) is 1.66. The summed E-state index contributed by atoms with van der Waals surface area (Å²) < 4.78 is 4.97. The summed E-state index contributed by atoms with van der Waals surface area (Å²) in [5.41, 5.74) is 1.44. The Hall–Kier alpha value is -2.01. The molecule has 18 heavy (non-hydrogen) atoms. The first-order chi connectivity index (χ1) is 8.52. The summed E-state index contributed by atoms with van der Waals surface area (Å²) in [6.07, 6.45) is 1.57. The third kappa shape index (κ3) is 2.17. The summed E-state index contributed by atoms with van der Waals surface area (Å²) in [5, 5.41) is 13.3. The molecular formula is C12H10ClNO4. The minimum Gasteiger partial charge on any atom is -0.503 e. The van der Waals surface area contributed by atoms with Gasteiger partial charge in [0, 0.05) is 0 Å². The predicted molar refractivity (Wildman–Crippen MR) is 66.8 cm³/mol. The largest absolute Gasteiger partial charge is 0.503 e. The second-order valence-corrected chi connectivity index (χ2v) is 4.07. The highest BCUT2D eigenvalue weighted by Gasteiger charge is 2.22. The lowest BCUT2D eigenvalue weighted by Crippen LogP contribution is -2.01. The van der Waals surface area contributed by atoms with Crippen LogP contribution in [0.5, 0.6) is 11.5 Å². The number of nitrogens with zero attached hydrogens (tertiary/aromatic N) is 1. The molecule has 1 N–H and O–H groups in total. The average Bonchev–Trinajstić information content (AvgIpc) is 2.65. The fraction of sp³-hybridized carbons (Fsp3) is 0.167. The molecule has 1 aliphatic heterocycles. The van der Waals surface area contributed by atoms with Gasteiger partial charge < -0.3 is 14.7 Å². The number of methoxy groups -OCH3 is 1. The quantitative estimate of drug-likeness (QED) is 0.660. The molecule has 2 rings (SSSR count). The molecule has 0 bridgehead atoms. The van der Waals surface area contributed by atoms with Crippen molar-refractivity contribution in [3.63, 3.8) is 0 Å². The molecule has 0 atom stereocenters. The minimum atomic E-state index is -0.518. The predicted octanol–water partition coefficient (Wildman–Crippen LogP) is 2.37. The number of ether oxygens (including phenoxy) is 1. The molecule has 1 aromatic carbocycles. The third-order valence-electron chi connectivity index (χ3n) is 2.46. The van der Waals surface area contributed by atoms with Gasteiger partial charge in [0.25, 0.3) is 0 Å². The third-order valence-corrected chi connectivity index (χ3v) is 2.74. The number of phenols is 1. The van der Waals surface area contributed by atoms with Gasteiger partial charge in [-0.3, -0.25) is 0 Å².